The van der Waals surface area contributed by atoms with Gasteiger partial charge in [-0.1, -0.05) is 18.2 Å². The summed E-state index contributed by atoms with van der Waals surface area (Å²) in [4.78, 5) is 33.9. The second-order valence-corrected chi connectivity index (χ2v) is 4.01. The fourth-order valence-corrected chi connectivity index (χ4v) is 1.34. The Kier molecular flexibility index (Phi) is 6.59. The van der Waals surface area contributed by atoms with Crippen LogP contribution in [0.2, 0.25) is 0 Å². The maximum atomic E-state index is 12.7. The Morgan fingerprint density at radius 2 is 1.90 bits per heavy atom. The van der Waals surface area contributed by atoms with E-state index in [0.717, 1.165) is 0 Å². The van der Waals surface area contributed by atoms with Gasteiger partial charge in [-0.05, 0) is 17.7 Å². The van der Waals surface area contributed by atoms with Gasteiger partial charge in [0.25, 0.3) is 5.91 Å². The van der Waals surface area contributed by atoms with Gasteiger partial charge in [0.05, 0.1) is 6.42 Å². The van der Waals surface area contributed by atoms with Crippen LogP contribution >= 0.6 is 0 Å². The fourth-order valence-electron chi connectivity index (χ4n) is 1.34. The van der Waals surface area contributed by atoms with Crippen LogP contribution in [0.25, 0.3) is 0 Å². The standard InChI is InChI=1S/C14H15FN2O4/c1-2-7-16-14(20)17-12(18)9-21-13(19)8-10-3-5-11(15)6-4-10/h2-6H,1,7-9H2,(H2,16,17,18,20). The molecule has 0 atom stereocenters. The number of hydrogen-bond acceptors (Lipinski definition) is 4. The number of rotatable bonds is 6. The third-order valence-corrected chi connectivity index (χ3v) is 2.29. The lowest BCUT2D eigenvalue weighted by Gasteiger charge is -2.06. The summed E-state index contributed by atoms with van der Waals surface area (Å²) in [6.45, 7) is 3.04. The Balaban J connectivity index is 2.29. The Morgan fingerprint density at radius 3 is 2.52 bits per heavy atom. The zero-order valence-corrected chi connectivity index (χ0v) is 11.2. The molecule has 0 aromatic heterocycles. The van der Waals surface area contributed by atoms with Crippen LogP contribution in [0.1, 0.15) is 5.56 Å². The average molecular weight is 294 g/mol. The third-order valence-electron chi connectivity index (χ3n) is 2.29. The van der Waals surface area contributed by atoms with E-state index in [1.165, 1.54) is 30.3 Å². The number of imide groups is 1. The predicted molar refractivity (Wildman–Crippen MR) is 72.8 cm³/mol. The van der Waals surface area contributed by atoms with Crippen LogP contribution in [0, 0.1) is 5.82 Å². The topological polar surface area (TPSA) is 84.5 Å². The molecule has 0 fully saturated rings. The summed E-state index contributed by atoms with van der Waals surface area (Å²) in [5.74, 6) is -1.80. The Bertz CT molecular complexity index is 528. The van der Waals surface area contributed by atoms with E-state index >= 15 is 0 Å². The molecular weight excluding hydrogens is 279 g/mol. The van der Waals surface area contributed by atoms with Gasteiger partial charge in [-0.3, -0.25) is 14.9 Å². The van der Waals surface area contributed by atoms with E-state index < -0.39 is 30.3 Å². The minimum atomic E-state index is -0.746. The summed E-state index contributed by atoms with van der Waals surface area (Å²) in [5.41, 5.74) is 0.561. The normalized spacial score (nSPS) is 9.57. The van der Waals surface area contributed by atoms with Crippen LogP contribution in [0.15, 0.2) is 36.9 Å². The first-order valence-corrected chi connectivity index (χ1v) is 6.10. The van der Waals surface area contributed by atoms with Crippen molar-refractivity contribution < 1.29 is 23.5 Å². The molecule has 2 N–H and O–H groups in total. The lowest BCUT2D eigenvalue weighted by atomic mass is 10.1. The number of hydrogen-bond donors (Lipinski definition) is 2. The molecule has 6 nitrogen and oxygen atoms in total. The second-order valence-electron chi connectivity index (χ2n) is 4.01. The van der Waals surface area contributed by atoms with Gasteiger partial charge >= 0.3 is 12.0 Å². The quantitative estimate of drug-likeness (QED) is 0.603. The predicted octanol–water partition coefficient (Wildman–Crippen LogP) is 0.923. The molecule has 0 aliphatic carbocycles. The second kappa shape index (κ2) is 8.47. The van der Waals surface area contributed by atoms with Crippen molar-refractivity contribution in [3.8, 4) is 0 Å². The molecular formula is C14H15FN2O4. The van der Waals surface area contributed by atoms with E-state index in [9.17, 15) is 18.8 Å². The number of ether oxygens (including phenoxy) is 1. The minimum absolute atomic E-state index is 0.0871. The molecule has 1 aromatic rings. The van der Waals surface area contributed by atoms with Gasteiger partial charge in [0.1, 0.15) is 5.82 Å². The number of halogens is 1. The van der Waals surface area contributed by atoms with Crippen molar-refractivity contribution in [1.29, 1.82) is 0 Å². The van der Waals surface area contributed by atoms with Crippen LogP contribution in [0.5, 0.6) is 0 Å². The summed E-state index contributed by atoms with van der Waals surface area (Å²) < 4.78 is 17.4. The summed E-state index contributed by atoms with van der Waals surface area (Å²) >= 11 is 0. The molecule has 0 saturated carbocycles. The zero-order chi connectivity index (χ0) is 15.7. The smallest absolute Gasteiger partial charge is 0.321 e. The lowest BCUT2D eigenvalue weighted by Crippen LogP contribution is -2.41. The van der Waals surface area contributed by atoms with Crippen LogP contribution in [0.4, 0.5) is 9.18 Å². The minimum Gasteiger partial charge on any atom is -0.455 e. The number of carbonyl (C=O) groups excluding carboxylic acids is 3. The zero-order valence-electron chi connectivity index (χ0n) is 11.2. The highest BCUT2D eigenvalue weighted by Crippen LogP contribution is 2.04. The first kappa shape index (κ1) is 16.4. The molecule has 0 aliphatic rings. The van der Waals surface area contributed by atoms with Crippen molar-refractivity contribution >= 4 is 17.9 Å². The molecule has 0 heterocycles. The third kappa shape index (κ3) is 6.86. The van der Waals surface area contributed by atoms with Crippen LogP contribution in [-0.4, -0.2) is 31.1 Å². The van der Waals surface area contributed by atoms with E-state index in [0.29, 0.717) is 5.56 Å². The molecule has 112 valence electrons. The average Bonchev–Trinajstić information content (AvgIpc) is 2.45. The number of urea groups is 1. The van der Waals surface area contributed by atoms with Crippen molar-refractivity contribution in [2.24, 2.45) is 0 Å². The molecule has 0 unspecified atom stereocenters. The molecule has 0 bridgehead atoms. The fraction of sp³-hybridized carbons (Fsp3) is 0.214. The number of amides is 3. The largest absolute Gasteiger partial charge is 0.455 e. The van der Waals surface area contributed by atoms with Crippen LogP contribution in [0.3, 0.4) is 0 Å². The SMILES string of the molecule is C=CCNC(=O)NC(=O)COC(=O)Cc1ccc(F)cc1. The highest BCUT2D eigenvalue weighted by molar-refractivity contribution is 5.95. The van der Waals surface area contributed by atoms with Gasteiger partial charge in [0.2, 0.25) is 0 Å². The molecule has 3 amide bonds. The van der Waals surface area contributed by atoms with Crippen molar-refractivity contribution in [2.75, 3.05) is 13.2 Å². The van der Waals surface area contributed by atoms with E-state index in [-0.39, 0.29) is 13.0 Å². The van der Waals surface area contributed by atoms with Gasteiger partial charge in [0, 0.05) is 6.54 Å². The van der Waals surface area contributed by atoms with Gasteiger partial charge in [-0.25, -0.2) is 9.18 Å². The van der Waals surface area contributed by atoms with Crippen LogP contribution < -0.4 is 10.6 Å². The molecule has 21 heavy (non-hydrogen) atoms. The molecule has 0 saturated heterocycles. The van der Waals surface area contributed by atoms with Crippen molar-refractivity contribution in [3.63, 3.8) is 0 Å². The summed E-state index contributed by atoms with van der Waals surface area (Å²) in [6, 6.07) is 4.63. The Labute approximate surface area is 121 Å². The van der Waals surface area contributed by atoms with Gasteiger partial charge in [0.15, 0.2) is 6.61 Å². The van der Waals surface area contributed by atoms with Crippen molar-refractivity contribution in [1.82, 2.24) is 10.6 Å². The summed E-state index contributed by atoms with van der Waals surface area (Å²) in [5, 5.41) is 4.31. The number of nitrogens with one attached hydrogen (secondary N) is 2. The van der Waals surface area contributed by atoms with E-state index in [1.807, 2.05) is 5.32 Å². The monoisotopic (exact) mass is 294 g/mol. The van der Waals surface area contributed by atoms with Gasteiger partial charge in [-0.2, -0.15) is 0 Å². The molecule has 1 aromatic carbocycles. The maximum Gasteiger partial charge on any atom is 0.321 e. The van der Waals surface area contributed by atoms with Crippen molar-refractivity contribution in [3.05, 3.63) is 48.3 Å². The molecule has 0 radical (unpaired) electrons. The Hall–Kier alpha value is -2.70. The van der Waals surface area contributed by atoms with Crippen LogP contribution in [-0.2, 0) is 20.7 Å². The molecule has 1 rings (SSSR count). The first-order chi connectivity index (χ1) is 10.0. The molecule has 0 spiro atoms. The molecule has 0 aliphatic heterocycles. The summed E-state index contributed by atoms with van der Waals surface area (Å²) in [7, 11) is 0. The Morgan fingerprint density at radius 1 is 1.24 bits per heavy atom. The van der Waals surface area contributed by atoms with E-state index in [1.54, 1.807) is 0 Å². The van der Waals surface area contributed by atoms with Gasteiger partial charge in [-0.15, -0.1) is 6.58 Å². The maximum absolute atomic E-state index is 12.7. The number of benzene rings is 1. The van der Waals surface area contributed by atoms with E-state index in [2.05, 4.69) is 11.9 Å². The van der Waals surface area contributed by atoms with Gasteiger partial charge < -0.3 is 10.1 Å². The highest BCUT2D eigenvalue weighted by Gasteiger charge is 2.11. The highest BCUT2D eigenvalue weighted by atomic mass is 19.1. The lowest BCUT2D eigenvalue weighted by molar-refractivity contribution is -0.147. The number of esters is 1. The van der Waals surface area contributed by atoms with Crippen molar-refractivity contribution in [2.45, 2.75) is 6.42 Å². The number of carbonyl (C=O) groups is 3. The molecule has 7 heteroatoms. The van der Waals surface area contributed by atoms with E-state index in [4.69, 9.17) is 4.74 Å². The first-order valence-electron chi connectivity index (χ1n) is 6.10. The summed E-state index contributed by atoms with van der Waals surface area (Å²) in [6.07, 6.45) is 1.36.